The molecule has 2 heterocycles. The predicted molar refractivity (Wildman–Crippen MR) is 116 cm³/mol. The molecule has 6 atom stereocenters. The number of rotatable bonds is 9. The first-order valence-corrected chi connectivity index (χ1v) is 11.4. The summed E-state index contributed by atoms with van der Waals surface area (Å²) in [5.74, 6) is -6.24. The first-order valence-electron chi connectivity index (χ1n) is 11.4. The fourth-order valence-electron chi connectivity index (χ4n) is 4.54. The van der Waals surface area contributed by atoms with E-state index in [0.29, 0.717) is 13.1 Å². The molecule has 13 nitrogen and oxygen atoms in total. The molecule has 0 saturated carbocycles. The van der Waals surface area contributed by atoms with Crippen LogP contribution in [0.1, 0.15) is 47.0 Å². The van der Waals surface area contributed by atoms with E-state index in [1.54, 1.807) is 0 Å². The normalized spacial score (nSPS) is 28.3. The number of carbonyl (C=O) groups excluding carboxylic acids is 5. The van der Waals surface area contributed by atoms with E-state index in [1.807, 2.05) is 4.90 Å². The lowest BCUT2D eigenvalue weighted by Crippen LogP contribution is -2.70. The lowest BCUT2D eigenvalue weighted by Gasteiger charge is -2.50. The second-order valence-corrected chi connectivity index (χ2v) is 8.62. The van der Waals surface area contributed by atoms with Gasteiger partial charge in [-0.2, -0.15) is 0 Å². The van der Waals surface area contributed by atoms with Crippen LogP contribution < -0.4 is 5.32 Å². The average Bonchev–Trinajstić information content (AvgIpc) is 3.29. The molecule has 0 aliphatic carbocycles. The van der Waals surface area contributed by atoms with Crippen LogP contribution in [0.5, 0.6) is 0 Å². The highest BCUT2D eigenvalue weighted by Gasteiger charge is 2.57. The van der Waals surface area contributed by atoms with Crippen molar-refractivity contribution in [1.29, 1.82) is 0 Å². The third kappa shape index (κ3) is 7.61. The summed E-state index contributed by atoms with van der Waals surface area (Å²) in [5.41, 5.74) is 0. The topological polar surface area (TPSA) is 167 Å². The molecule has 2 N–H and O–H groups in total. The number of carbonyl (C=O) groups is 5. The lowest BCUT2D eigenvalue weighted by molar-refractivity contribution is -0.292. The van der Waals surface area contributed by atoms with Gasteiger partial charge in [0, 0.05) is 40.2 Å². The number of esters is 4. The summed E-state index contributed by atoms with van der Waals surface area (Å²) in [7, 11) is 1.08. The Kier molecular flexibility index (Phi) is 9.98. The highest BCUT2D eigenvalue weighted by Crippen LogP contribution is 2.36. The van der Waals surface area contributed by atoms with E-state index in [2.05, 4.69) is 5.32 Å². The minimum absolute atomic E-state index is 0.240. The van der Waals surface area contributed by atoms with Crippen molar-refractivity contribution in [3.8, 4) is 0 Å². The van der Waals surface area contributed by atoms with Gasteiger partial charge in [0.25, 0.3) is 5.79 Å². The van der Waals surface area contributed by atoms with E-state index in [1.165, 1.54) is 6.92 Å². The van der Waals surface area contributed by atoms with E-state index < -0.39 is 72.6 Å². The Morgan fingerprint density at radius 2 is 1.63 bits per heavy atom. The molecule has 35 heavy (non-hydrogen) atoms. The Balaban J connectivity index is 2.60. The number of hydrogen-bond acceptors (Lipinski definition) is 12. The second kappa shape index (κ2) is 12.3. The number of nitrogens with zero attached hydrogens (tertiary/aromatic N) is 1. The lowest BCUT2D eigenvalue weighted by atomic mass is 9.85. The fraction of sp³-hybridized carbons (Fsp3) is 0.773. The molecule has 1 amide bonds. The summed E-state index contributed by atoms with van der Waals surface area (Å²) in [4.78, 5) is 62.1. The zero-order valence-corrected chi connectivity index (χ0v) is 20.6. The molecule has 0 aromatic carbocycles. The van der Waals surface area contributed by atoms with Crippen LogP contribution in [0.25, 0.3) is 0 Å². The van der Waals surface area contributed by atoms with Gasteiger partial charge in [0.2, 0.25) is 5.91 Å². The minimum atomic E-state index is -2.46. The van der Waals surface area contributed by atoms with Gasteiger partial charge < -0.3 is 34.1 Å². The number of methoxy groups -OCH3 is 1. The monoisotopic (exact) mass is 502 g/mol. The molecule has 2 rings (SSSR count). The van der Waals surface area contributed by atoms with E-state index in [4.69, 9.17) is 23.7 Å². The average molecular weight is 503 g/mol. The SMILES string of the molecule is COC(=O)[C@]1(O)C[C@H](N2CCCC2)[C@@H](NC(C)=O)[C@H]([C@@H](OC(C)=O)[C@@H](COC(C)=O)OC(C)=O)O1. The predicted octanol–water partition coefficient (Wildman–Crippen LogP) is -0.967. The Labute approximate surface area is 203 Å². The maximum Gasteiger partial charge on any atom is 0.366 e. The standard InChI is InChI=1S/C22H34N2O11/c1-12(25)23-18-16(24-8-6-7-9-24)10-22(30,21(29)31-5)35-20(18)19(34-15(4)28)17(33-14(3)27)11-32-13(2)26/h16-20,30H,6-11H2,1-5H3,(H,23,25)/t16-,17+,18+,19-,20+,22-/m0/s1. The summed E-state index contributed by atoms with van der Waals surface area (Å²) in [5, 5.41) is 14.0. The van der Waals surface area contributed by atoms with Crippen LogP contribution in [-0.2, 0) is 47.7 Å². The minimum Gasteiger partial charge on any atom is -0.465 e. The zero-order valence-electron chi connectivity index (χ0n) is 20.6. The molecule has 0 radical (unpaired) electrons. The van der Waals surface area contributed by atoms with Crippen LogP contribution in [0.2, 0.25) is 0 Å². The molecule has 2 aliphatic rings. The smallest absolute Gasteiger partial charge is 0.366 e. The van der Waals surface area contributed by atoms with E-state index >= 15 is 0 Å². The summed E-state index contributed by atoms with van der Waals surface area (Å²) in [6.45, 7) is 5.38. The van der Waals surface area contributed by atoms with Crippen molar-refractivity contribution in [2.75, 3.05) is 26.8 Å². The number of ether oxygens (including phenoxy) is 5. The summed E-state index contributed by atoms with van der Waals surface area (Å²) in [6, 6.07) is -1.54. The maximum atomic E-state index is 12.6. The number of nitrogens with one attached hydrogen (secondary N) is 1. The van der Waals surface area contributed by atoms with Crippen molar-refractivity contribution in [3.05, 3.63) is 0 Å². The van der Waals surface area contributed by atoms with Gasteiger partial charge in [-0.3, -0.25) is 24.1 Å². The second-order valence-electron chi connectivity index (χ2n) is 8.62. The van der Waals surface area contributed by atoms with E-state index in [9.17, 15) is 29.1 Å². The van der Waals surface area contributed by atoms with Crippen LogP contribution in [0, 0.1) is 0 Å². The highest BCUT2D eigenvalue weighted by molar-refractivity contribution is 5.78. The highest BCUT2D eigenvalue weighted by atomic mass is 16.7. The van der Waals surface area contributed by atoms with Gasteiger partial charge in [-0.15, -0.1) is 0 Å². The molecule has 2 fully saturated rings. The number of aliphatic hydroxyl groups is 1. The molecule has 0 bridgehead atoms. The molecule has 0 spiro atoms. The van der Waals surface area contributed by atoms with Gasteiger partial charge in [0.15, 0.2) is 12.2 Å². The number of amides is 1. The molecular formula is C22H34N2O11. The van der Waals surface area contributed by atoms with E-state index in [-0.39, 0.29) is 6.42 Å². The molecule has 0 aromatic rings. The van der Waals surface area contributed by atoms with Crippen molar-refractivity contribution in [2.24, 2.45) is 0 Å². The van der Waals surface area contributed by atoms with Gasteiger partial charge in [-0.1, -0.05) is 0 Å². The van der Waals surface area contributed by atoms with Crippen LogP contribution in [0.3, 0.4) is 0 Å². The van der Waals surface area contributed by atoms with Crippen molar-refractivity contribution in [1.82, 2.24) is 10.2 Å². The van der Waals surface area contributed by atoms with Crippen molar-refractivity contribution >= 4 is 29.8 Å². The Hall–Kier alpha value is -2.77. The van der Waals surface area contributed by atoms with Gasteiger partial charge in [0.05, 0.1) is 13.2 Å². The van der Waals surface area contributed by atoms with E-state index in [0.717, 1.165) is 40.7 Å². The molecule has 2 saturated heterocycles. The molecule has 198 valence electrons. The first-order chi connectivity index (χ1) is 16.4. The molecule has 2 aliphatic heterocycles. The van der Waals surface area contributed by atoms with Gasteiger partial charge >= 0.3 is 23.9 Å². The Bertz CT molecular complexity index is 813. The van der Waals surface area contributed by atoms with Crippen LogP contribution >= 0.6 is 0 Å². The molecular weight excluding hydrogens is 468 g/mol. The third-order valence-corrected chi connectivity index (χ3v) is 5.83. The molecule has 13 heteroatoms. The van der Waals surface area contributed by atoms with Crippen LogP contribution in [0.15, 0.2) is 0 Å². The molecule has 0 aromatic heterocycles. The van der Waals surface area contributed by atoms with Gasteiger partial charge in [-0.25, -0.2) is 4.79 Å². The van der Waals surface area contributed by atoms with Crippen LogP contribution in [-0.4, -0.2) is 103 Å². The van der Waals surface area contributed by atoms with Gasteiger partial charge in [-0.05, 0) is 25.9 Å². The van der Waals surface area contributed by atoms with Crippen molar-refractivity contribution < 1.29 is 52.8 Å². The number of hydrogen-bond donors (Lipinski definition) is 2. The summed E-state index contributed by atoms with van der Waals surface area (Å²) in [6.07, 6.45) is -2.76. The van der Waals surface area contributed by atoms with Crippen molar-refractivity contribution in [2.45, 2.75) is 83.1 Å². The number of likely N-dealkylation sites (tertiary alicyclic amines) is 1. The van der Waals surface area contributed by atoms with Crippen LogP contribution in [0.4, 0.5) is 0 Å². The summed E-state index contributed by atoms with van der Waals surface area (Å²) >= 11 is 0. The van der Waals surface area contributed by atoms with Crippen molar-refractivity contribution in [3.63, 3.8) is 0 Å². The fourth-order valence-corrected chi connectivity index (χ4v) is 4.54. The quantitative estimate of drug-likeness (QED) is 0.293. The maximum absolute atomic E-state index is 12.6. The Morgan fingerprint density at radius 3 is 2.11 bits per heavy atom. The first kappa shape index (κ1) is 28.5. The van der Waals surface area contributed by atoms with Gasteiger partial charge in [0.1, 0.15) is 12.7 Å². The Morgan fingerprint density at radius 1 is 1.03 bits per heavy atom. The largest absolute Gasteiger partial charge is 0.465 e. The molecule has 0 unspecified atom stereocenters. The third-order valence-electron chi connectivity index (χ3n) is 5.83. The zero-order chi connectivity index (χ0) is 26.3. The summed E-state index contributed by atoms with van der Waals surface area (Å²) < 4.78 is 26.3.